The maximum atomic E-state index is 13.1. The molecule has 0 unspecified atom stereocenters. The fourth-order valence-corrected chi connectivity index (χ4v) is 8.82. The number of benzene rings is 4. The lowest BCUT2D eigenvalue weighted by Crippen LogP contribution is -2.45. The molecule has 56 heavy (non-hydrogen) atoms. The molecule has 1 aliphatic rings. The predicted molar refractivity (Wildman–Crippen MR) is 222 cm³/mol. The summed E-state index contributed by atoms with van der Waals surface area (Å²) in [6.45, 7) is 11.9. The summed E-state index contributed by atoms with van der Waals surface area (Å²) in [6, 6.07) is 35.7. The van der Waals surface area contributed by atoms with Crippen molar-refractivity contribution in [1.29, 1.82) is 0 Å². The van der Waals surface area contributed by atoms with Crippen molar-refractivity contribution >= 4 is 31.2 Å². The van der Waals surface area contributed by atoms with Crippen molar-refractivity contribution in [3.05, 3.63) is 144 Å². The molecule has 6 aromatic rings. The van der Waals surface area contributed by atoms with E-state index in [1.807, 2.05) is 54.9 Å². The van der Waals surface area contributed by atoms with Gasteiger partial charge in [0.25, 0.3) is 5.91 Å². The molecule has 2 heterocycles. The summed E-state index contributed by atoms with van der Waals surface area (Å²) in [5.41, 5.74) is 3.77. The van der Waals surface area contributed by atoms with Gasteiger partial charge in [-0.15, -0.1) is 0 Å². The maximum absolute atomic E-state index is 13.1. The van der Waals surface area contributed by atoms with Crippen molar-refractivity contribution in [2.24, 2.45) is 5.92 Å². The van der Waals surface area contributed by atoms with E-state index < -0.39 is 13.9 Å². The first-order valence-electron chi connectivity index (χ1n) is 19.1. The zero-order valence-electron chi connectivity index (χ0n) is 33.2. The van der Waals surface area contributed by atoms with Gasteiger partial charge in [0.2, 0.25) is 0 Å². The Kier molecular flexibility index (Phi) is 11.1. The molecular formula is C45H51N5O5Si. The number of aromatic nitrogens is 4. The first-order chi connectivity index (χ1) is 26.9. The molecule has 1 amide bonds. The topological polar surface area (TPSA) is 110 Å². The second kappa shape index (κ2) is 16.0. The second-order valence-corrected chi connectivity index (χ2v) is 20.8. The Hall–Kier alpha value is -5.36. The van der Waals surface area contributed by atoms with Crippen LogP contribution in [0.3, 0.4) is 0 Å². The van der Waals surface area contributed by atoms with E-state index >= 15 is 0 Å². The van der Waals surface area contributed by atoms with Gasteiger partial charge in [-0.25, -0.2) is 15.0 Å². The molecule has 4 aromatic carbocycles. The minimum atomic E-state index is -2.22. The predicted octanol–water partition coefficient (Wildman–Crippen LogP) is 9.45. The van der Waals surface area contributed by atoms with E-state index in [0.29, 0.717) is 29.2 Å². The van der Waals surface area contributed by atoms with Crippen LogP contribution in [0.5, 0.6) is 11.5 Å². The van der Waals surface area contributed by atoms with E-state index in [1.54, 1.807) is 26.4 Å². The van der Waals surface area contributed by atoms with Crippen LogP contribution >= 0.6 is 0 Å². The Balaban J connectivity index is 1.25. The molecule has 0 bridgehead atoms. The Bertz CT molecular complexity index is 2190. The number of anilines is 1. The second-order valence-electron chi connectivity index (χ2n) is 16.0. The molecular weight excluding hydrogens is 719 g/mol. The summed E-state index contributed by atoms with van der Waals surface area (Å²) < 4.78 is 27.9. The number of ether oxygens (including phenoxy) is 3. The van der Waals surface area contributed by atoms with Gasteiger partial charge in [-0.05, 0) is 90.0 Å². The number of nitrogens with one attached hydrogen (secondary N) is 1. The van der Waals surface area contributed by atoms with E-state index in [2.05, 4.69) is 97.3 Å². The Morgan fingerprint density at radius 1 is 0.768 bits per heavy atom. The highest BCUT2D eigenvalue weighted by Crippen LogP contribution is 2.47. The van der Waals surface area contributed by atoms with Crippen LogP contribution in [0.25, 0.3) is 11.2 Å². The molecule has 1 aliphatic carbocycles. The first-order valence-corrected chi connectivity index (χ1v) is 22.0. The molecule has 0 radical (unpaired) electrons. The molecule has 1 saturated carbocycles. The van der Waals surface area contributed by atoms with Crippen molar-refractivity contribution in [3.8, 4) is 11.5 Å². The van der Waals surface area contributed by atoms with Crippen LogP contribution in [0, 0.1) is 5.92 Å². The van der Waals surface area contributed by atoms with Crippen molar-refractivity contribution in [2.75, 3.05) is 26.1 Å². The number of hydrogen-bond donors (Lipinski definition) is 1. The van der Waals surface area contributed by atoms with Crippen LogP contribution in [0.2, 0.25) is 18.1 Å². The molecule has 10 nitrogen and oxygen atoms in total. The molecule has 3 atom stereocenters. The van der Waals surface area contributed by atoms with Crippen molar-refractivity contribution < 1.29 is 23.4 Å². The third kappa shape index (κ3) is 7.71. The average molecular weight is 770 g/mol. The maximum Gasteiger partial charge on any atom is 0.256 e. The largest absolute Gasteiger partial charge is 0.497 e. The number of carbonyl (C=O) groups is 1. The van der Waals surface area contributed by atoms with Crippen molar-refractivity contribution in [2.45, 2.75) is 69.5 Å². The Morgan fingerprint density at radius 2 is 1.34 bits per heavy atom. The third-order valence-electron chi connectivity index (χ3n) is 11.5. The average Bonchev–Trinajstić information content (AvgIpc) is 3.83. The molecule has 1 fully saturated rings. The number of carbonyl (C=O) groups excluding carboxylic acids is 1. The van der Waals surface area contributed by atoms with E-state index in [4.69, 9.17) is 28.6 Å². The van der Waals surface area contributed by atoms with Crippen molar-refractivity contribution in [1.82, 2.24) is 19.5 Å². The standard InChI is InChI=1S/C45H51N5O5Si/c1-44(2,3)56(6,7)55-39-27-31(26-38(39)50-30-48-40-41(46-29-47-42(40)50)49-43(51)32-14-10-8-11-15-32)28-54-45(33-16-12-9-13-17-33,34-18-22-36(52-4)23-19-34)35-20-24-37(53-5)25-21-35/h8-25,29-31,38-39H,26-28H2,1-7H3,(H,46,47,49,51)/t31-,38+,39-/m0/s1. The molecule has 1 N–H and O–H groups in total. The van der Waals surface area contributed by atoms with Gasteiger partial charge >= 0.3 is 0 Å². The lowest BCUT2D eigenvalue weighted by atomic mass is 9.80. The number of nitrogens with zero attached hydrogens (tertiary/aromatic N) is 4. The summed E-state index contributed by atoms with van der Waals surface area (Å²) in [4.78, 5) is 27.0. The summed E-state index contributed by atoms with van der Waals surface area (Å²) in [6.07, 6.45) is 4.74. The number of rotatable bonds is 13. The fraction of sp³-hybridized carbons (Fsp3) is 0.333. The molecule has 290 valence electrons. The van der Waals surface area contributed by atoms with Gasteiger partial charge in [-0.1, -0.05) is 93.6 Å². The highest BCUT2D eigenvalue weighted by molar-refractivity contribution is 6.74. The van der Waals surface area contributed by atoms with Crippen LogP contribution in [-0.4, -0.2) is 60.7 Å². The van der Waals surface area contributed by atoms with Crippen LogP contribution in [0.15, 0.2) is 122 Å². The summed E-state index contributed by atoms with van der Waals surface area (Å²) in [5.74, 6) is 1.79. The summed E-state index contributed by atoms with van der Waals surface area (Å²) in [5, 5.41) is 2.96. The number of fused-ring (bicyclic) bond motifs is 1. The van der Waals surface area contributed by atoms with E-state index in [-0.39, 0.29) is 29.0 Å². The van der Waals surface area contributed by atoms with Crippen LogP contribution in [0.1, 0.15) is 66.7 Å². The minimum absolute atomic E-state index is 0.00535. The van der Waals surface area contributed by atoms with Gasteiger partial charge in [0.05, 0.1) is 39.3 Å². The highest BCUT2D eigenvalue weighted by atomic mass is 28.4. The van der Waals surface area contributed by atoms with Gasteiger partial charge in [-0.3, -0.25) is 4.79 Å². The van der Waals surface area contributed by atoms with Crippen molar-refractivity contribution in [3.63, 3.8) is 0 Å². The quantitative estimate of drug-likeness (QED) is 0.0915. The molecule has 11 heteroatoms. The number of methoxy groups -OCH3 is 2. The number of amides is 1. The molecule has 0 saturated heterocycles. The van der Waals surface area contributed by atoms with Gasteiger partial charge in [0, 0.05) is 5.56 Å². The van der Waals surface area contributed by atoms with E-state index in [1.165, 1.54) is 6.33 Å². The Labute approximate surface area is 330 Å². The van der Waals surface area contributed by atoms with Crippen LogP contribution < -0.4 is 14.8 Å². The molecule has 7 rings (SSSR count). The zero-order chi connectivity index (χ0) is 39.5. The van der Waals surface area contributed by atoms with Gasteiger partial charge in [0.1, 0.15) is 23.4 Å². The number of hydrogen-bond acceptors (Lipinski definition) is 8. The molecule has 0 spiro atoms. The lowest BCUT2D eigenvalue weighted by Gasteiger charge is -2.40. The van der Waals surface area contributed by atoms with Gasteiger partial charge < -0.3 is 28.5 Å². The van der Waals surface area contributed by atoms with E-state index in [0.717, 1.165) is 41.0 Å². The van der Waals surface area contributed by atoms with Crippen LogP contribution in [0.4, 0.5) is 5.82 Å². The fourth-order valence-electron chi connectivity index (χ4n) is 7.46. The third-order valence-corrected chi connectivity index (χ3v) is 16.0. The smallest absolute Gasteiger partial charge is 0.256 e. The molecule has 0 aliphatic heterocycles. The minimum Gasteiger partial charge on any atom is -0.497 e. The van der Waals surface area contributed by atoms with Gasteiger partial charge in [-0.2, -0.15) is 0 Å². The monoisotopic (exact) mass is 769 g/mol. The van der Waals surface area contributed by atoms with E-state index in [9.17, 15) is 4.79 Å². The lowest BCUT2D eigenvalue weighted by molar-refractivity contribution is -0.00902. The summed E-state index contributed by atoms with van der Waals surface area (Å²) >= 11 is 0. The van der Waals surface area contributed by atoms with Crippen LogP contribution in [-0.2, 0) is 14.8 Å². The van der Waals surface area contributed by atoms with Gasteiger partial charge in [0.15, 0.2) is 25.3 Å². The first kappa shape index (κ1) is 38.9. The highest BCUT2D eigenvalue weighted by Gasteiger charge is 2.46. The zero-order valence-corrected chi connectivity index (χ0v) is 34.2. The number of imidazole rings is 1. The SMILES string of the molecule is COc1ccc(C(OC[C@@H]2C[C@H](O[Si](C)(C)C(C)(C)C)[C@H](n3cnc4c(NC(=O)c5ccccc5)ncnc43)C2)(c2ccccc2)c2ccc(OC)cc2)cc1. The molecule has 2 aromatic heterocycles. The Morgan fingerprint density at radius 3 is 1.91 bits per heavy atom. The normalized spacial score (nSPS) is 17.5. The summed E-state index contributed by atoms with van der Waals surface area (Å²) in [7, 11) is 1.14.